The molecule has 0 spiro atoms. The molecule has 0 aliphatic carbocycles. The van der Waals surface area contributed by atoms with Crippen LogP contribution in [0.4, 0.5) is 0 Å². The Balaban J connectivity index is 1.67. The zero-order valence-corrected chi connectivity index (χ0v) is 21.2. The number of methoxy groups -OCH3 is 1. The third-order valence-corrected chi connectivity index (χ3v) is 5.77. The molecule has 1 N–H and O–H groups in total. The first-order valence-corrected chi connectivity index (χ1v) is 12.1. The third kappa shape index (κ3) is 7.10. The number of aromatic nitrogens is 2. The van der Waals surface area contributed by atoms with Gasteiger partial charge in [0.2, 0.25) is 5.88 Å². The number of benzene rings is 2. The van der Waals surface area contributed by atoms with Crippen molar-refractivity contribution in [2.75, 3.05) is 26.9 Å². The van der Waals surface area contributed by atoms with Gasteiger partial charge in [-0.1, -0.05) is 36.4 Å². The van der Waals surface area contributed by atoms with Crippen LogP contribution < -0.4 is 9.47 Å². The van der Waals surface area contributed by atoms with Crippen LogP contribution in [0.2, 0.25) is 0 Å². The van der Waals surface area contributed by atoms with Crippen molar-refractivity contribution in [2.24, 2.45) is 7.05 Å². The van der Waals surface area contributed by atoms with Crippen molar-refractivity contribution in [3.8, 4) is 28.6 Å². The molecule has 8 nitrogen and oxygen atoms in total. The molecule has 4 aromatic rings. The van der Waals surface area contributed by atoms with Crippen molar-refractivity contribution >= 4 is 0 Å². The number of ether oxygens (including phenoxy) is 3. The van der Waals surface area contributed by atoms with E-state index in [0.717, 1.165) is 28.3 Å². The van der Waals surface area contributed by atoms with E-state index in [2.05, 4.69) is 11.5 Å². The maximum Gasteiger partial charge on any atom is 0.222 e. The average molecular weight is 504 g/mol. The zero-order valence-electron chi connectivity index (χ0n) is 21.2. The van der Waals surface area contributed by atoms with Gasteiger partial charge in [0, 0.05) is 25.7 Å². The summed E-state index contributed by atoms with van der Waals surface area (Å²) in [6.45, 7) is 5.57. The molecule has 0 aliphatic rings. The molecule has 0 saturated heterocycles. The minimum atomic E-state index is -0.697. The largest absolute Gasteiger partial charge is 0.497 e. The molecule has 8 heteroatoms. The molecule has 2 aromatic heterocycles. The van der Waals surface area contributed by atoms with Gasteiger partial charge in [0.15, 0.2) is 0 Å². The Bertz CT molecular complexity index is 1240. The van der Waals surface area contributed by atoms with Gasteiger partial charge in [-0.3, -0.25) is 4.90 Å². The normalized spacial score (nSPS) is 12.0. The van der Waals surface area contributed by atoms with Crippen LogP contribution in [0.1, 0.15) is 11.3 Å². The Hall–Kier alpha value is -3.85. The van der Waals surface area contributed by atoms with Gasteiger partial charge in [-0.05, 0) is 36.4 Å². The van der Waals surface area contributed by atoms with E-state index in [1.54, 1.807) is 24.1 Å². The van der Waals surface area contributed by atoms with Crippen LogP contribution in [-0.4, -0.2) is 52.8 Å². The monoisotopic (exact) mass is 503 g/mol. The van der Waals surface area contributed by atoms with Gasteiger partial charge in [0.1, 0.15) is 23.0 Å². The van der Waals surface area contributed by atoms with Crippen LogP contribution in [0, 0.1) is 0 Å². The van der Waals surface area contributed by atoms with E-state index in [-0.39, 0.29) is 6.61 Å². The molecular weight excluding hydrogens is 470 g/mol. The Labute approximate surface area is 217 Å². The minimum Gasteiger partial charge on any atom is -0.497 e. The van der Waals surface area contributed by atoms with Crippen LogP contribution in [0.25, 0.3) is 11.3 Å². The summed E-state index contributed by atoms with van der Waals surface area (Å²) in [5.74, 6) is 2.83. The zero-order chi connectivity index (χ0) is 26.0. The highest BCUT2D eigenvalue weighted by atomic mass is 16.5. The van der Waals surface area contributed by atoms with Crippen LogP contribution >= 0.6 is 0 Å². The van der Waals surface area contributed by atoms with Gasteiger partial charge in [-0.15, -0.1) is 6.58 Å². The summed E-state index contributed by atoms with van der Waals surface area (Å²) >= 11 is 0. The second-order valence-corrected chi connectivity index (χ2v) is 8.63. The van der Waals surface area contributed by atoms with Crippen molar-refractivity contribution in [1.82, 2.24) is 14.7 Å². The van der Waals surface area contributed by atoms with E-state index < -0.39 is 6.10 Å². The van der Waals surface area contributed by atoms with E-state index in [1.807, 2.05) is 73.8 Å². The number of aliphatic hydroxyl groups is 1. The highest BCUT2D eigenvalue weighted by Crippen LogP contribution is 2.35. The molecule has 0 aliphatic heterocycles. The van der Waals surface area contributed by atoms with Gasteiger partial charge < -0.3 is 23.7 Å². The van der Waals surface area contributed by atoms with Crippen molar-refractivity contribution in [3.63, 3.8) is 0 Å². The Morgan fingerprint density at radius 2 is 1.81 bits per heavy atom. The van der Waals surface area contributed by atoms with Crippen LogP contribution in [0.5, 0.6) is 17.4 Å². The molecule has 0 fully saturated rings. The lowest BCUT2D eigenvalue weighted by Gasteiger charge is -2.25. The highest BCUT2D eigenvalue weighted by molar-refractivity contribution is 5.65. The molecule has 2 aromatic carbocycles. The van der Waals surface area contributed by atoms with Crippen molar-refractivity contribution in [2.45, 2.75) is 19.2 Å². The van der Waals surface area contributed by atoms with Crippen molar-refractivity contribution < 1.29 is 23.7 Å². The van der Waals surface area contributed by atoms with E-state index in [9.17, 15) is 5.11 Å². The molecule has 4 rings (SSSR count). The summed E-state index contributed by atoms with van der Waals surface area (Å²) in [6, 6.07) is 21.2. The second-order valence-electron chi connectivity index (χ2n) is 8.63. The number of hydrogen-bond donors (Lipinski definition) is 1. The van der Waals surface area contributed by atoms with Gasteiger partial charge >= 0.3 is 0 Å². The second kappa shape index (κ2) is 12.9. The maximum atomic E-state index is 10.7. The molecule has 0 saturated carbocycles. The van der Waals surface area contributed by atoms with Gasteiger partial charge in [0.05, 0.1) is 44.8 Å². The van der Waals surface area contributed by atoms with Crippen molar-refractivity contribution in [3.05, 3.63) is 97.0 Å². The summed E-state index contributed by atoms with van der Waals surface area (Å²) in [7, 11) is 3.50. The fourth-order valence-corrected chi connectivity index (χ4v) is 4.08. The predicted molar refractivity (Wildman–Crippen MR) is 142 cm³/mol. The summed E-state index contributed by atoms with van der Waals surface area (Å²) in [6.07, 6.45) is 2.62. The number of aliphatic hydroxyl groups excluding tert-OH is 1. The van der Waals surface area contributed by atoms with E-state index >= 15 is 0 Å². The fraction of sp³-hybridized carbons (Fsp3) is 0.276. The summed E-state index contributed by atoms with van der Waals surface area (Å²) in [5, 5.41) is 15.5. The molecule has 0 unspecified atom stereocenters. The van der Waals surface area contributed by atoms with E-state index in [1.165, 1.54) is 0 Å². The van der Waals surface area contributed by atoms with Crippen LogP contribution in [0.3, 0.4) is 0 Å². The predicted octanol–water partition coefficient (Wildman–Crippen LogP) is 5.05. The van der Waals surface area contributed by atoms with Crippen LogP contribution in [0.15, 0.2) is 90.1 Å². The van der Waals surface area contributed by atoms with Gasteiger partial charge in [-0.25, -0.2) is 4.68 Å². The Kier molecular flexibility index (Phi) is 9.15. The average Bonchev–Trinajstić information content (AvgIpc) is 3.53. The lowest BCUT2D eigenvalue weighted by atomic mass is 10.1. The molecule has 0 amide bonds. The highest BCUT2D eigenvalue weighted by Gasteiger charge is 2.24. The van der Waals surface area contributed by atoms with Crippen molar-refractivity contribution in [1.29, 1.82) is 0 Å². The maximum absolute atomic E-state index is 10.7. The summed E-state index contributed by atoms with van der Waals surface area (Å²) < 4.78 is 24.5. The number of hydrogen-bond acceptors (Lipinski definition) is 7. The quantitative estimate of drug-likeness (QED) is 0.191. The number of furan rings is 1. The molecule has 2 heterocycles. The first-order valence-electron chi connectivity index (χ1n) is 12.1. The fourth-order valence-electron chi connectivity index (χ4n) is 4.08. The number of nitrogens with zero attached hydrogens (tertiary/aromatic N) is 3. The molecule has 37 heavy (non-hydrogen) atoms. The first-order chi connectivity index (χ1) is 18.1. The Morgan fingerprint density at radius 1 is 1.05 bits per heavy atom. The standard InChI is InChI=1S/C29H33N3O5/c1-4-16-35-21-23(33)18-32(19-26-11-8-17-36-26)20-27-28(22-9-6-5-7-10-22)30-31(2)29(27)37-25-14-12-24(34-3)13-15-25/h4-15,17,23,33H,1,16,18-21H2,2-3H3/t23-/m0/s1. The lowest BCUT2D eigenvalue weighted by Crippen LogP contribution is -2.34. The van der Waals surface area contributed by atoms with E-state index in [4.69, 9.17) is 23.7 Å². The minimum absolute atomic E-state index is 0.203. The number of aryl methyl sites for hydroxylation is 1. The molecule has 0 bridgehead atoms. The third-order valence-electron chi connectivity index (χ3n) is 5.77. The molecule has 1 atom stereocenters. The summed E-state index contributed by atoms with van der Waals surface area (Å²) in [4.78, 5) is 2.10. The molecule has 194 valence electrons. The summed E-state index contributed by atoms with van der Waals surface area (Å²) in [5.41, 5.74) is 2.69. The first kappa shape index (κ1) is 26.2. The van der Waals surface area contributed by atoms with Gasteiger partial charge in [0.25, 0.3) is 0 Å². The Morgan fingerprint density at radius 3 is 2.49 bits per heavy atom. The lowest BCUT2D eigenvalue weighted by molar-refractivity contribution is 0.0215. The number of rotatable bonds is 14. The topological polar surface area (TPSA) is 82.1 Å². The van der Waals surface area contributed by atoms with Crippen LogP contribution in [-0.2, 0) is 24.9 Å². The van der Waals surface area contributed by atoms with Gasteiger partial charge in [-0.2, -0.15) is 5.10 Å². The van der Waals surface area contributed by atoms with E-state index in [0.29, 0.717) is 37.9 Å². The SMILES string of the molecule is C=CCOC[C@@H](O)CN(Cc1ccco1)Cc1c(-c2ccccc2)nn(C)c1Oc1ccc(OC)cc1. The smallest absolute Gasteiger partial charge is 0.222 e. The molecule has 0 radical (unpaired) electrons. The molecular formula is C29H33N3O5.